The Morgan fingerprint density at radius 1 is 1.50 bits per heavy atom. The highest BCUT2D eigenvalue weighted by Crippen LogP contribution is 2.24. The Balaban J connectivity index is 2.11. The summed E-state index contributed by atoms with van der Waals surface area (Å²) in [6.07, 6.45) is 0. The quantitative estimate of drug-likeness (QED) is 0.829. The summed E-state index contributed by atoms with van der Waals surface area (Å²) >= 11 is 9.44. The largest absolute Gasteiger partial charge is 0.399 e. The number of carbonyl (C=O) groups is 1. The van der Waals surface area contributed by atoms with Crippen LogP contribution in [0.4, 0.5) is 11.4 Å². The summed E-state index contributed by atoms with van der Waals surface area (Å²) in [5.74, 6) is -0.199. The van der Waals surface area contributed by atoms with Gasteiger partial charge >= 0.3 is 0 Å². The maximum atomic E-state index is 12.0. The minimum absolute atomic E-state index is 0.124. The molecular formula is C13H14BrClN4O. The van der Waals surface area contributed by atoms with Crippen LogP contribution in [0, 0.1) is 13.8 Å². The molecule has 0 aliphatic carbocycles. The molecule has 1 aromatic carbocycles. The molecular weight excluding hydrogens is 344 g/mol. The second-order valence-electron chi connectivity index (χ2n) is 4.43. The minimum atomic E-state index is -0.199. The van der Waals surface area contributed by atoms with Crippen LogP contribution in [0.15, 0.2) is 22.7 Å². The number of hydrogen-bond acceptors (Lipinski definition) is 3. The number of nitrogens with one attached hydrogen (secondary N) is 1. The molecule has 0 aliphatic rings. The molecule has 2 aromatic rings. The number of rotatable bonds is 3. The fraction of sp³-hybridized carbons (Fsp3) is 0.231. The highest BCUT2D eigenvalue weighted by atomic mass is 79.9. The van der Waals surface area contributed by atoms with Crippen LogP contribution in [-0.4, -0.2) is 15.7 Å². The van der Waals surface area contributed by atoms with Crippen LogP contribution in [-0.2, 0) is 11.3 Å². The molecule has 106 valence electrons. The van der Waals surface area contributed by atoms with E-state index in [2.05, 4.69) is 26.3 Å². The van der Waals surface area contributed by atoms with Crippen molar-refractivity contribution in [1.82, 2.24) is 9.78 Å². The van der Waals surface area contributed by atoms with Crippen molar-refractivity contribution in [3.63, 3.8) is 0 Å². The lowest BCUT2D eigenvalue weighted by Crippen LogP contribution is -2.20. The van der Waals surface area contributed by atoms with E-state index in [1.54, 1.807) is 22.9 Å². The van der Waals surface area contributed by atoms with Gasteiger partial charge in [0.25, 0.3) is 0 Å². The molecule has 1 amide bonds. The van der Waals surface area contributed by atoms with E-state index in [0.717, 1.165) is 15.9 Å². The lowest BCUT2D eigenvalue weighted by molar-refractivity contribution is -0.116. The average Bonchev–Trinajstić information content (AvgIpc) is 2.61. The predicted molar refractivity (Wildman–Crippen MR) is 83.9 cm³/mol. The van der Waals surface area contributed by atoms with Crippen molar-refractivity contribution in [2.75, 3.05) is 11.1 Å². The van der Waals surface area contributed by atoms with Crippen LogP contribution in [0.2, 0.25) is 5.02 Å². The van der Waals surface area contributed by atoms with Gasteiger partial charge in [-0.3, -0.25) is 9.48 Å². The summed E-state index contributed by atoms with van der Waals surface area (Å²) < 4.78 is 2.55. The van der Waals surface area contributed by atoms with Gasteiger partial charge in [0.05, 0.1) is 26.6 Å². The van der Waals surface area contributed by atoms with Crippen molar-refractivity contribution < 1.29 is 4.79 Å². The Bertz CT molecular complexity index is 669. The molecule has 7 heteroatoms. The van der Waals surface area contributed by atoms with Crippen molar-refractivity contribution in [2.45, 2.75) is 20.4 Å². The lowest BCUT2D eigenvalue weighted by atomic mass is 10.3. The maximum Gasteiger partial charge on any atom is 0.246 e. The van der Waals surface area contributed by atoms with Crippen LogP contribution in [0.25, 0.3) is 0 Å². The summed E-state index contributed by atoms with van der Waals surface area (Å²) in [7, 11) is 0. The molecule has 0 saturated heterocycles. The Hall–Kier alpha value is -1.53. The fourth-order valence-corrected chi connectivity index (χ4v) is 2.31. The molecule has 0 radical (unpaired) electrons. The third-order valence-electron chi connectivity index (χ3n) is 2.85. The number of nitrogen functional groups attached to an aromatic ring is 1. The molecule has 0 fully saturated rings. The van der Waals surface area contributed by atoms with Gasteiger partial charge in [0.1, 0.15) is 6.54 Å². The first-order valence-corrected chi connectivity index (χ1v) is 7.10. The van der Waals surface area contributed by atoms with Gasteiger partial charge in [-0.25, -0.2) is 0 Å². The predicted octanol–water partition coefficient (Wildman–Crippen LogP) is 3.14. The summed E-state index contributed by atoms with van der Waals surface area (Å²) in [4.78, 5) is 12.0. The molecule has 0 saturated carbocycles. The Kier molecular flexibility index (Phi) is 4.35. The average molecular weight is 358 g/mol. The molecule has 0 spiro atoms. The monoisotopic (exact) mass is 356 g/mol. The number of carbonyl (C=O) groups excluding carboxylic acids is 1. The molecule has 5 nitrogen and oxygen atoms in total. The van der Waals surface area contributed by atoms with Crippen molar-refractivity contribution >= 4 is 44.8 Å². The molecule has 0 unspecified atom stereocenters. The van der Waals surface area contributed by atoms with Gasteiger partial charge in [-0.2, -0.15) is 5.10 Å². The van der Waals surface area contributed by atoms with Gasteiger partial charge < -0.3 is 11.1 Å². The van der Waals surface area contributed by atoms with Crippen molar-refractivity contribution in [3.05, 3.63) is 39.1 Å². The molecule has 20 heavy (non-hydrogen) atoms. The van der Waals surface area contributed by atoms with Crippen LogP contribution in [0.5, 0.6) is 0 Å². The molecule has 1 heterocycles. The van der Waals surface area contributed by atoms with E-state index in [1.807, 2.05) is 13.8 Å². The van der Waals surface area contributed by atoms with E-state index < -0.39 is 0 Å². The Labute approximate surface area is 130 Å². The maximum absolute atomic E-state index is 12.0. The number of aryl methyl sites for hydroxylation is 1. The summed E-state index contributed by atoms with van der Waals surface area (Å²) in [5, 5.41) is 7.43. The summed E-state index contributed by atoms with van der Waals surface area (Å²) in [6, 6.07) is 4.95. The third kappa shape index (κ3) is 3.13. The van der Waals surface area contributed by atoms with Gasteiger partial charge in [0.15, 0.2) is 0 Å². The number of benzene rings is 1. The highest BCUT2D eigenvalue weighted by molar-refractivity contribution is 9.10. The fourth-order valence-electron chi connectivity index (χ4n) is 1.79. The molecule has 2 rings (SSSR count). The number of nitrogens with zero attached hydrogens (tertiary/aromatic N) is 2. The zero-order chi connectivity index (χ0) is 14.9. The Morgan fingerprint density at radius 3 is 2.75 bits per heavy atom. The van der Waals surface area contributed by atoms with Crippen LogP contribution >= 0.6 is 27.5 Å². The normalized spacial score (nSPS) is 10.6. The van der Waals surface area contributed by atoms with E-state index in [0.29, 0.717) is 16.4 Å². The van der Waals surface area contributed by atoms with Crippen LogP contribution in [0.1, 0.15) is 11.4 Å². The van der Waals surface area contributed by atoms with E-state index in [9.17, 15) is 4.79 Å². The van der Waals surface area contributed by atoms with Gasteiger partial charge in [-0.15, -0.1) is 0 Å². The summed E-state index contributed by atoms with van der Waals surface area (Å²) in [5.41, 5.74) is 8.44. The molecule has 0 bridgehead atoms. The lowest BCUT2D eigenvalue weighted by Gasteiger charge is -2.09. The number of anilines is 2. The first-order chi connectivity index (χ1) is 9.38. The summed E-state index contributed by atoms with van der Waals surface area (Å²) in [6.45, 7) is 3.90. The zero-order valence-electron chi connectivity index (χ0n) is 11.1. The van der Waals surface area contributed by atoms with Gasteiger partial charge in [0, 0.05) is 5.69 Å². The van der Waals surface area contributed by atoms with Crippen molar-refractivity contribution in [1.29, 1.82) is 0 Å². The van der Waals surface area contributed by atoms with Gasteiger partial charge in [-0.05, 0) is 48.0 Å². The number of hydrogen-bond donors (Lipinski definition) is 2. The van der Waals surface area contributed by atoms with Crippen molar-refractivity contribution in [3.8, 4) is 0 Å². The smallest absolute Gasteiger partial charge is 0.246 e. The number of aromatic nitrogens is 2. The molecule has 1 aromatic heterocycles. The van der Waals surface area contributed by atoms with Gasteiger partial charge in [0.2, 0.25) is 5.91 Å². The SMILES string of the molecule is Cc1nn(CC(=O)Nc2ccc(N)cc2Cl)c(C)c1Br. The topological polar surface area (TPSA) is 72.9 Å². The molecule has 0 aliphatic heterocycles. The van der Waals surface area contributed by atoms with E-state index in [-0.39, 0.29) is 12.5 Å². The number of nitrogens with two attached hydrogens (primary N) is 1. The highest BCUT2D eigenvalue weighted by Gasteiger charge is 2.12. The first-order valence-electron chi connectivity index (χ1n) is 5.93. The Morgan fingerprint density at radius 2 is 2.20 bits per heavy atom. The molecule has 0 atom stereocenters. The first kappa shape index (κ1) is 14.9. The second kappa shape index (κ2) is 5.85. The van der Waals surface area contributed by atoms with Gasteiger partial charge in [-0.1, -0.05) is 11.6 Å². The second-order valence-corrected chi connectivity index (χ2v) is 5.63. The standard InChI is InChI=1S/C13H14BrClN4O/c1-7-13(14)8(2)19(18-7)6-12(20)17-11-4-3-9(16)5-10(11)15/h3-5H,6,16H2,1-2H3,(H,17,20). The van der Waals surface area contributed by atoms with E-state index >= 15 is 0 Å². The zero-order valence-corrected chi connectivity index (χ0v) is 13.4. The molecule has 3 N–H and O–H groups in total. The van der Waals surface area contributed by atoms with Crippen molar-refractivity contribution in [2.24, 2.45) is 0 Å². The minimum Gasteiger partial charge on any atom is -0.399 e. The van der Waals surface area contributed by atoms with E-state index in [4.69, 9.17) is 17.3 Å². The van der Waals surface area contributed by atoms with Crippen LogP contribution < -0.4 is 11.1 Å². The third-order valence-corrected chi connectivity index (χ3v) is 4.31. The van der Waals surface area contributed by atoms with E-state index in [1.165, 1.54) is 0 Å². The number of halogens is 2. The number of amides is 1. The van der Waals surface area contributed by atoms with Crippen LogP contribution in [0.3, 0.4) is 0 Å².